The van der Waals surface area contributed by atoms with Crippen LogP contribution >= 0.6 is 0 Å². The lowest BCUT2D eigenvalue weighted by molar-refractivity contribution is -0.131. The van der Waals surface area contributed by atoms with Crippen LogP contribution in [0.4, 0.5) is 0 Å². The van der Waals surface area contributed by atoms with E-state index in [4.69, 9.17) is 4.74 Å². The van der Waals surface area contributed by atoms with Crippen LogP contribution in [-0.2, 0) is 9.53 Å². The van der Waals surface area contributed by atoms with Crippen molar-refractivity contribution in [3.8, 4) is 0 Å². The van der Waals surface area contributed by atoms with Crippen LogP contribution in [0, 0.1) is 5.92 Å². The molecular weight excluding hydrogens is 230 g/mol. The highest BCUT2D eigenvalue weighted by Gasteiger charge is 2.19. The molecule has 0 bridgehead atoms. The van der Waals surface area contributed by atoms with Crippen molar-refractivity contribution in [2.45, 2.75) is 12.8 Å². The molecule has 104 valence electrons. The van der Waals surface area contributed by atoms with Gasteiger partial charge in [0.2, 0.25) is 5.91 Å². The predicted molar refractivity (Wildman–Crippen MR) is 70.5 cm³/mol. The fourth-order valence-corrected chi connectivity index (χ4v) is 2.52. The minimum absolute atomic E-state index is 0.236. The summed E-state index contributed by atoms with van der Waals surface area (Å²) in [7, 11) is 2.10. The number of likely N-dealkylation sites (N-methyl/N-ethyl adjacent to an activating group) is 1. The Balaban J connectivity index is 1.59. The molecule has 2 aliphatic heterocycles. The molecule has 0 aliphatic carbocycles. The van der Waals surface area contributed by atoms with Gasteiger partial charge in [0.25, 0.3) is 0 Å². The molecule has 5 heteroatoms. The molecular formula is C13H25N3O2. The molecule has 1 atom stereocenters. The monoisotopic (exact) mass is 255 g/mol. The van der Waals surface area contributed by atoms with Crippen LogP contribution in [0.15, 0.2) is 0 Å². The topological polar surface area (TPSA) is 44.8 Å². The summed E-state index contributed by atoms with van der Waals surface area (Å²) in [5.74, 6) is 0.818. The number of amides is 1. The zero-order chi connectivity index (χ0) is 12.8. The molecule has 1 unspecified atom stereocenters. The van der Waals surface area contributed by atoms with Gasteiger partial charge in [0.15, 0.2) is 0 Å². The lowest BCUT2D eigenvalue weighted by Gasteiger charge is -2.32. The third kappa shape index (κ3) is 4.23. The van der Waals surface area contributed by atoms with Crippen molar-refractivity contribution in [2.24, 2.45) is 5.92 Å². The van der Waals surface area contributed by atoms with E-state index in [-0.39, 0.29) is 5.91 Å². The Bertz CT molecular complexity index is 259. The Morgan fingerprint density at radius 1 is 1.33 bits per heavy atom. The van der Waals surface area contributed by atoms with E-state index in [1.807, 2.05) is 4.90 Å². The number of hydrogen-bond acceptors (Lipinski definition) is 4. The third-order valence-electron chi connectivity index (χ3n) is 3.82. The molecule has 2 saturated heterocycles. The first-order chi connectivity index (χ1) is 8.75. The number of carbonyl (C=O) groups is 1. The second-order valence-corrected chi connectivity index (χ2v) is 5.40. The van der Waals surface area contributed by atoms with Crippen molar-refractivity contribution < 1.29 is 9.53 Å². The molecule has 0 aromatic rings. The fraction of sp³-hybridized carbons (Fsp3) is 0.923. The van der Waals surface area contributed by atoms with E-state index in [2.05, 4.69) is 17.3 Å². The van der Waals surface area contributed by atoms with Crippen LogP contribution in [0.3, 0.4) is 0 Å². The summed E-state index contributed by atoms with van der Waals surface area (Å²) in [6.07, 6.45) is 2.37. The number of nitrogens with zero attached hydrogens (tertiary/aromatic N) is 2. The van der Waals surface area contributed by atoms with Crippen molar-refractivity contribution >= 4 is 5.91 Å². The highest BCUT2D eigenvalue weighted by molar-refractivity contribution is 5.78. The Labute approximate surface area is 109 Å². The molecule has 0 aromatic heterocycles. The number of ether oxygens (including phenoxy) is 1. The summed E-state index contributed by atoms with van der Waals surface area (Å²) >= 11 is 0. The molecule has 5 nitrogen and oxygen atoms in total. The maximum Gasteiger partial charge on any atom is 0.236 e. The first kappa shape index (κ1) is 13.8. The highest BCUT2D eigenvalue weighted by atomic mass is 16.5. The zero-order valence-corrected chi connectivity index (χ0v) is 11.4. The maximum absolute atomic E-state index is 12.0. The zero-order valence-electron chi connectivity index (χ0n) is 11.4. The van der Waals surface area contributed by atoms with Crippen LogP contribution in [0.2, 0.25) is 0 Å². The molecule has 18 heavy (non-hydrogen) atoms. The Kier molecular flexibility index (Phi) is 5.41. The molecule has 0 saturated carbocycles. The van der Waals surface area contributed by atoms with E-state index in [0.29, 0.717) is 12.5 Å². The molecule has 1 amide bonds. The molecule has 2 aliphatic rings. The average molecular weight is 255 g/mol. The summed E-state index contributed by atoms with van der Waals surface area (Å²) in [5, 5.41) is 3.28. The van der Waals surface area contributed by atoms with E-state index in [0.717, 1.165) is 52.4 Å². The van der Waals surface area contributed by atoms with Crippen molar-refractivity contribution in [1.29, 1.82) is 0 Å². The summed E-state index contributed by atoms with van der Waals surface area (Å²) in [6, 6.07) is 0. The Morgan fingerprint density at radius 3 is 2.78 bits per heavy atom. The first-order valence-electron chi connectivity index (χ1n) is 7.00. The smallest absolute Gasteiger partial charge is 0.236 e. The Hall–Kier alpha value is -0.650. The molecule has 2 fully saturated rings. The van der Waals surface area contributed by atoms with Gasteiger partial charge in [-0.15, -0.1) is 0 Å². The minimum atomic E-state index is 0.236. The molecule has 1 N–H and O–H groups in total. The summed E-state index contributed by atoms with van der Waals surface area (Å²) in [5.41, 5.74) is 0. The largest absolute Gasteiger partial charge is 0.381 e. The molecule has 0 aromatic carbocycles. The number of hydrogen-bond donors (Lipinski definition) is 1. The summed E-state index contributed by atoms with van der Waals surface area (Å²) in [4.78, 5) is 16.2. The lowest BCUT2D eigenvalue weighted by atomic mass is 10.0. The van der Waals surface area contributed by atoms with Gasteiger partial charge in [-0.2, -0.15) is 0 Å². The summed E-state index contributed by atoms with van der Waals surface area (Å²) in [6.45, 7) is 6.82. The Morgan fingerprint density at radius 2 is 2.11 bits per heavy atom. The van der Waals surface area contributed by atoms with E-state index in [1.165, 1.54) is 6.42 Å². The predicted octanol–water partition coefficient (Wildman–Crippen LogP) is -0.223. The van der Waals surface area contributed by atoms with Gasteiger partial charge >= 0.3 is 0 Å². The highest BCUT2D eigenvalue weighted by Crippen LogP contribution is 2.11. The van der Waals surface area contributed by atoms with Gasteiger partial charge in [-0.05, 0) is 25.8 Å². The second kappa shape index (κ2) is 7.07. The molecule has 2 rings (SSSR count). The minimum Gasteiger partial charge on any atom is -0.381 e. The standard InChI is InChI=1S/C13H25N3O2/c1-15-4-6-16(7-5-15)13(17)10-14-9-12-3-2-8-18-11-12/h12,14H,2-11H2,1H3. The fourth-order valence-electron chi connectivity index (χ4n) is 2.52. The van der Waals surface area contributed by atoms with Crippen LogP contribution in [-0.4, -0.2) is 75.2 Å². The van der Waals surface area contributed by atoms with Crippen LogP contribution in [0.5, 0.6) is 0 Å². The summed E-state index contributed by atoms with van der Waals surface area (Å²) < 4.78 is 5.43. The molecule has 2 heterocycles. The van der Waals surface area contributed by atoms with Gasteiger partial charge in [-0.25, -0.2) is 0 Å². The number of rotatable bonds is 4. The quantitative estimate of drug-likeness (QED) is 0.754. The van der Waals surface area contributed by atoms with Gasteiger partial charge in [-0.3, -0.25) is 4.79 Å². The number of piperazine rings is 1. The molecule has 0 radical (unpaired) electrons. The van der Waals surface area contributed by atoms with E-state index < -0.39 is 0 Å². The first-order valence-corrected chi connectivity index (χ1v) is 7.00. The van der Waals surface area contributed by atoms with Gasteiger partial charge in [0, 0.05) is 39.3 Å². The maximum atomic E-state index is 12.0. The van der Waals surface area contributed by atoms with E-state index >= 15 is 0 Å². The normalized spacial score (nSPS) is 26.3. The second-order valence-electron chi connectivity index (χ2n) is 5.40. The van der Waals surface area contributed by atoms with Gasteiger partial charge in [0.05, 0.1) is 13.2 Å². The van der Waals surface area contributed by atoms with Crippen molar-refractivity contribution in [2.75, 3.05) is 59.5 Å². The number of nitrogens with one attached hydrogen (secondary N) is 1. The van der Waals surface area contributed by atoms with Crippen molar-refractivity contribution in [1.82, 2.24) is 15.1 Å². The average Bonchev–Trinajstić information content (AvgIpc) is 2.40. The van der Waals surface area contributed by atoms with Crippen molar-refractivity contribution in [3.05, 3.63) is 0 Å². The van der Waals surface area contributed by atoms with Crippen molar-refractivity contribution in [3.63, 3.8) is 0 Å². The van der Waals surface area contributed by atoms with Gasteiger partial charge < -0.3 is 19.9 Å². The van der Waals surface area contributed by atoms with Crippen LogP contribution < -0.4 is 5.32 Å². The number of carbonyl (C=O) groups excluding carboxylic acids is 1. The van der Waals surface area contributed by atoms with E-state index in [9.17, 15) is 4.79 Å². The lowest BCUT2D eigenvalue weighted by Crippen LogP contribution is -2.49. The van der Waals surface area contributed by atoms with Crippen LogP contribution in [0.1, 0.15) is 12.8 Å². The van der Waals surface area contributed by atoms with Gasteiger partial charge in [0.1, 0.15) is 0 Å². The molecule has 0 spiro atoms. The van der Waals surface area contributed by atoms with E-state index in [1.54, 1.807) is 0 Å². The third-order valence-corrected chi connectivity index (χ3v) is 3.82. The van der Waals surface area contributed by atoms with Crippen LogP contribution in [0.25, 0.3) is 0 Å². The SMILES string of the molecule is CN1CCN(C(=O)CNCC2CCCOC2)CC1. The van der Waals surface area contributed by atoms with Gasteiger partial charge in [-0.1, -0.05) is 0 Å².